The second-order valence-electron chi connectivity index (χ2n) is 4.20. The molecule has 17 heavy (non-hydrogen) atoms. The van der Waals surface area contributed by atoms with E-state index in [1.165, 1.54) is 0 Å². The van der Waals surface area contributed by atoms with Crippen molar-refractivity contribution in [1.82, 2.24) is 5.32 Å². The molecule has 0 aliphatic carbocycles. The molecule has 0 spiro atoms. The van der Waals surface area contributed by atoms with Crippen LogP contribution in [0.15, 0.2) is 0 Å². The van der Waals surface area contributed by atoms with Crippen LogP contribution in [0.25, 0.3) is 0 Å². The van der Waals surface area contributed by atoms with E-state index in [0.29, 0.717) is 19.6 Å². The minimum absolute atomic E-state index is 0.109. The molecule has 5 nitrogen and oxygen atoms in total. The van der Waals surface area contributed by atoms with E-state index in [2.05, 4.69) is 12.2 Å². The van der Waals surface area contributed by atoms with Crippen LogP contribution in [0.1, 0.15) is 33.1 Å². The van der Waals surface area contributed by atoms with Gasteiger partial charge in [-0.05, 0) is 32.1 Å². The lowest BCUT2D eigenvalue weighted by molar-refractivity contribution is -0.149. The molecule has 1 aliphatic rings. The fourth-order valence-corrected chi connectivity index (χ4v) is 2.20. The number of carbonyl (C=O) groups excluding carboxylic acids is 2. The van der Waals surface area contributed by atoms with Crippen LogP contribution >= 0.6 is 0 Å². The summed E-state index contributed by atoms with van der Waals surface area (Å²) in [6.45, 7) is 4.78. The fraction of sp³-hybridized carbons (Fsp3) is 0.833. The van der Waals surface area contributed by atoms with Crippen molar-refractivity contribution in [2.45, 2.75) is 45.3 Å². The molecule has 98 valence electrons. The van der Waals surface area contributed by atoms with Gasteiger partial charge in [0.2, 0.25) is 6.41 Å². The summed E-state index contributed by atoms with van der Waals surface area (Å²) in [6.07, 6.45) is 3.24. The predicted molar refractivity (Wildman–Crippen MR) is 62.4 cm³/mol. The highest BCUT2D eigenvalue weighted by atomic mass is 16.5. The molecule has 3 atom stereocenters. The summed E-state index contributed by atoms with van der Waals surface area (Å²) in [5.41, 5.74) is 0. The Morgan fingerprint density at radius 1 is 1.59 bits per heavy atom. The van der Waals surface area contributed by atoms with Crippen molar-refractivity contribution >= 4 is 12.4 Å². The summed E-state index contributed by atoms with van der Waals surface area (Å²) in [4.78, 5) is 22.3. The second-order valence-corrected chi connectivity index (χ2v) is 4.20. The van der Waals surface area contributed by atoms with E-state index in [0.717, 1.165) is 19.3 Å². The van der Waals surface area contributed by atoms with Gasteiger partial charge in [-0.1, -0.05) is 6.92 Å². The molecule has 1 N–H and O–H groups in total. The first kappa shape index (κ1) is 14.0. The van der Waals surface area contributed by atoms with Crippen LogP contribution in [0.3, 0.4) is 0 Å². The zero-order valence-electron chi connectivity index (χ0n) is 10.5. The van der Waals surface area contributed by atoms with Gasteiger partial charge in [-0.3, -0.25) is 4.79 Å². The lowest BCUT2D eigenvalue weighted by Gasteiger charge is -2.32. The van der Waals surface area contributed by atoms with Crippen LogP contribution in [-0.4, -0.2) is 37.7 Å². The number of rotatable bonds is 6. The zero-order chi connectivity index (χ0) is 12.7. The first-order valence-corrected chi connectivity index (χ1v) is 6.20. The zero-order valence-corrected chi connectivity index (χ0v) is 10.5. The Kier molecular flexibility index (Phi) is 5.97. The van der Waals surface area contributed by atoms with Crippen molar-refractivity contribution < 1.29 is 19.1 Å². The topological polar surface area (TPSA) is 64.6 Å². The Morgan fingerprint density at radius 2 is 2.35 bits per heavy atom. The molecule has 5 heteroatoms. The summed E-state index contributed by atoms with van der Waals surface area (Å²) in [5.74, 6) is -0.237. The quantitative estimate of drug-likeness (QED) is 0.555. The summed E-state index contributed by atoms with van der Waals surface area (Å²) < 4.78 is 10.5. The van der Waals surface area contributed by atoms with Crippen LogP contribution in [0.5, 0.6) is 0 Å². The molecule has 0 aromatic rings. The van der Waals surface area contributed by atoms with Gasteiger partial charge in [0.05, 0.1) is 12.7 Å². The van der Waals surface area contributed by atoms with Crippen LogP contribution in [-0.2, 0) is 19.1 Å². The Bertz CT molecular complexity index is 257. The number of amides is 1. The highest BCUT2D eigenvalue weighted by Gasteiger charge is 2.33. The van der Waals surface area contributed by atoms with Crippen molar-refractivity contribution in [3.63, 3.8) is 0 Å². The lowest BCUT2D eigenvalue weighted by Crippen LogP contribution is -2.46. The third kappa shape index (κ3) is 4.00. The first-order valence-electron chi connectivity index (χ1n) is 6.20. The molecular formula is C12H21NO4. The van der Waals surface area contributed by atoms with Crippen molar-refractivity contribution in [3.05, 3.63) is 0 Å². The Balaban J connectivity index is 2.61. The smallest absolute Gasteiger partial charge is 0.328 e. The Hall–Kier alpha value is -1.10. The first-order chi connectivity index (χ1) is 8.22. The largest absolute Gasteiger partial charge is 0.464 e. The normalized spacial score (nSPS) is 26.0. The number of esters is 1. The summed E-state index contributed by atoms with van der Waals surface area (Å²) in [7, 11) is 0. The molecule has 1 amide bonds. The number of carbonyl (C=O) groups is 2. The van der Waals surface area contributed by atoms with Gasteiger partial charge < -0.3 is 14.8 Å². The van der Waals surface area contributed by atoms with E-state index in [9.17, 15) is 9.59 Å². The van der Waals surface area contributed by atoms with E-state index in [1.54, 1.807) is 6.92 Å². The molecular weight excluding hydrogens is 222 g/mol. The minimum atomic E-state index is -0.537. The highest BCUT2D eigenvalue weighted by molar-refractivity contribution is 5.78. The number of hydrogen-bond acceptors (Lipinski definition) is 4. The van der Waals surface area contributed by atoms with Crippen molar-refractivity contribution in [2.75, 3.05) is 13.2 Å². The molecule has 0 bridgehead atoms. The van der Waals surface area contributed by atoms with Gasteiger partial charge in [0.1, 0.15) is 6.04 Å². The molecule has 0 aromatic carbocycles. The second kappa shape index (κ2) is 7.27. The molecule has 1 fully saturated rings. The molecule has 1 rings (SSSR count). The van der Waals surface area contributed by atoms with E-state index in [-0.39, 0.29) is 18.0 Å². The van der Waals surface area contributed by atoms with E-state index in [1.807, 2.05) is 0 Å². The third-order valence-electron chi connectivity index (χ3n) is 3.12. The van der Waals surface area contributed by atoms with Gasteiger partial charge in [-0.15, -0.1) is 0 Å². The average molecular weight is 243 g/mol. The standard InChI is InChI=1S/C12H21NO4/c1-3-10-7-9(5-6-17-10)11(13-8-14)12(15)16-4-2/h8-11H,3-7H2,1-2H3,(H,13,14)/t9-,10-,11-/m0/s1. The summed E-state index contributed by atoms with van der Waals surface area (Å²) in [6, 6.07) is -0.537. The van der Waals surface area contributed by atoms with E-state index in [4.69, 9.17) is 9.47 Å². The molecule has 1 saturated heterocycles. The summed E-state index contributed by atoms with van der Waals surface area (Å²) >= 11 is 0. The SMILES string of the molecule is CCOC(=O)[C@@H](NC=O)[C@H]1CCO[C@@H](CC)C1. The van der Waals surface area contributed by atoms with Gasteiger partial charge in [0, 0.05) is 6.61 Å². The van der Waals surface area contributed by atoms with Crippen LogP contribution in [0, 0.1) is 5.92 Å². The average Bonchev–Trinajstić information content (AvgIpc) is 2.36. The molecule has 0 saturated carbocycles. The minimum Gasteiger partial charge on any atom is -0.464 e. The van der Waals surface area contributed by atoms with Gasteiger partial charge in [0.15, 0.2) is 0 Å². The fourth-order valence-electron chi connectivity index (χ4n) is 2.20. The summed E-state index contributed by atoms with van der Waals surface area (Å²) in [5, 5.41) is 2.57. The highest BCUT2D eigenvalue weighted by Crippen LogP contribution is 2.25. The molecule has 0 radical (unpaired) electrons. The van der Waals surface area contributed by atoms with Gasteiger partial charge in [-0.25, -0.2) is 4.79 Å². The number of nitrogens with one attached hydrogen (secondary N) is 1. The predicted octanol–water partition coefficient (Wildman–Crippen LogP) is 0.869. The molecule has 1 aliphatic heterocycles. The van der Waals surface area contributed by atoms with Crippen LogP contribution in [0.2, 0.25) is 0 Å². The lowest BCUT2D eigenvalue weighted by atomic mass is 9.88. The Morgan fingerprint density at radius 3 is 2.94 bits per heavy atom. The maximum Gasteiger partial charge on any atom is 0.328 e. The number of hydrogen-bond donors (Lipinski definition) is 1. The van der Waals surface area contributed by atoms with Gasteiger partial charge >= 0.3 is 5.97 Å². The van der Waals surface area contributed by atoms with Crippen molar-refractivity contribution in [2.24, 2.45) is 5.92 Å². The Labute approximate surface area is 102 Å². The molecule has 0 unspecified atom stereocenters. The molecule has 0 aromatic heterocycles. The third-order valence-corrected chi connectivity index (χ3v) is 3.12. The molecule has 1 heterocycles. The maximum atomic E-state index is 11.7. The maximum absolute atomic E-state index is 11.7. The van der Waals surface area contributed by atoms with Crippen LogP contribution < -0.4 is 5.32 Å². The van der Waals surface area contributed by atoms with Gasteiger partial charge in [-0.2, -0.15) is 0 Å². The van der Waals surface area contributed by atoms with E-state index >= 15 is 0 Å². The monoisotopic (exact) mass is 243 g/mol. The number of ether oxygens (including phenoxy) is 2. The van der Waals surface area contributed by atoms with Crippen LogP contribution in [0.4, 0.5) is 0 Å². The van der Waals surface area contributed by atoms with Crippen molar-refractivity contribution in [1.29, 1.82) is 0 Å². The van der Waals surface area contributed by atoms with E-state index < -0.39 is 6.04 Å². The van der Waals surface area contributed by atoms with Crippen molar-refractivity contribution in [3.8, 4) is 0 Å². The van der Waals surface area contributed by atoms with Gasteiger partial charge in [0.25, 0.3) is 0 Å².